The van der Waals surface area contributed by atoms with E-state index in [1.807, 2.05) is 47.8 Å². The van der Waals surface area contributed by atoms with Crippen LogP contribution in [0.15, 0.2) is 72.2 Å². The van der Waals surface area contributed by atoms with Gasteiger partial charge in [-0.15, -0.1) is 11.3 Å². The Bertz CT molecular complexity index is 1220. The van der Waals surface area contributed by atoms with Gasteiger partial charge in [-0.2, -0.15) is 0 Å². The Morgan fingerprint density at radius 1 is 1.10 bits per heavy atom. The van der Waals surface area contributed by atoms with Gasteiger partial charge in [-0.1, -0.05) is 53.8 Å². The minimum Gasteiger partial charge on any atom is -0.499 e. The summed E-state index contributed by atoms with van der Waals surface area (Å²) >= 11 is 2.52. The first-order chi connectivity index (χ1) is 14.3. The molecule has 0 aliphatic heterocycles. The van der Waals surface area contributed by atoms with E-state index >= 15 is 0 Å². The summed E-state index contributed by atoms with van der Waals surface area (Å²) in [6.45, 7) is 0.802. The Labute approximate surface area is 179 Å². The summed E-state index contributed by atoms with van der Waals surface area (Å²) in [5.74, 6) is -3.60. The van der Waals surface area contributed by atoms with Crippen LogP contribution in [0.1, 0.15) is 33.3 Å². The van der Waals surface area contributed by atoms with E-state index in [1.54, 1.807) is 6.20 Å². The molecule has 0 aliphatic rings. The molecule has 2 N–H and O–H groups in total. The number of hydrogen-bond acceptors (Lipinski definition) is 4. The van der Waals surface area contributed by atoms with E-state index in [2.05, 4.69) is 5.32 Å². The molecule has 2 aromatic heterocycles. The molecule has 0 radical (unpaired) electrons. The van der Waals surface area contributed by atoms with Gasteiger partial charge in [-0.25, -0.2) is 8.78 Å². The Hall–Kier alpha value is -3.03. The van der Waals surface area contributed by atoms with E-state index in [0.29, 0.717) is 10.1 Å². The highest BCUT2D eigenvalue weighted by Crippen LogP contribution is 2.39. The summed E-state index contributed by atoms with van der Waals surface area (Å²) in [4.78, 5) is 13.9. The van der Waals surface area contributed by atoms with Crippen LogP contribution in [-0.4, -0.2) is 11.0 Å². The summed E-state index contributed by atoms with van der Waals surface area (Å²) in [5, 5.41) is 15.1. The molecule has 7 heteroatoms. The molecule has 2 aromatic carbocycles. The maximum Gasteiger partial charge on any atom is 0.270 e. The lowest BCUT2D eigenvalue weighted by Crippen LogP contribution is -2.17. The number of hydrogen-bond donors (Lipinski definition) is 2. The maximum atomic E-state index is 13.8. The predicted octanol–water partition coefficient (Wildman–Crippen LogP) is 6.60. The summed E-state index contributed by atoms with van der Waals surface area (Å²) in [6.07, 6.45) is 1.59. The highest BCUT2D eigenvalue weighted by atomic mass is 32.1. The molecule has 0 fully saturated rings. The van der Waals surface area contributed by atoms with Crippen molar-refractivity contribution in [2.75, 3.05) is 0 Å². The molecule has 4 rings (SSSR count). The number of thiophene rings is 2. The first kappa shape index (κ1) is 20.3. The minimum absolute atomic E-state index is 0.00376. The average molecular weight is 442 g/mol. The van der Waals surface area contributed by atoms with Crippen molar-refractivity contribution in [2.24, 2.45) is 0 Å². The van der Waals surface area contributed by atoms with Crippen molar-refractivity contribution in [2.45, 2.75) is 12.8 Å². The number of alkyl halides is 2. The second kappa shape index (κ2) is 8.01. The Kier molecular flexibility index (Phi) is 5.40. The number of rotatable bonds is 5. The van der Waals surface area contributed by atoms with Crippen LogP contribution in [0.2, 0.25) is 0 Å². The number of benzene rings is 2. The number of aromatic hydroxyl groups is 1. The Balaban J connectivity index is 1.72. The van der Waals surface area contributed by atoms with E-state index in [4.69, 9.17) is 0 Å². The van der Waals surface area contributed by atoms with Crippen molar-refractivity contribution in [3.05, 3.63) is 93.8 Å². The highest BCUT2D eigenvalue weighted by Gasteiger charge is 2.27. The SMILES string of the molecule is CC(F)(F)c1ccc2sc(O)c(C(=O)NC=C(c3ccccc3)c3cccs3)c2c1. The van der Waals surface area contributed by atoms with E-state index < -0.39 is 11.8 Å². The summed E-state index contributed by atoms with van der Waals surface area (Å²) < 4.78 is 28.1. The molecule has 0 spiro atoms. The highest BCUT2D eigenvalue weighted by molar-refractivity contribution is 7.21. The molecule has 0 aliphatic carbocycles. The van der Waals surface area contributed by atoms with Crippen LogP contribution in [0, 0.1) is 0 Å². The topological polar surface area (TPSA) is 49.3 Å². The van der Waals surface area contributed by atoms with E-state index in [-0.39, 0.29) is 16.2 Å². The molecule has 1 amide bonds. The standard InChI is InChI=1S/C23H17F2NO2S2/c1-23(24,25)15-9-10-19-16(12-15)20(22(28)30-19)21(27)26-13-17(18-8-5-11-29-18)14-6-3-2-4-7-14/h2-13,28H,1H3,(H,26,27). The van der Waals surface area contributed by atoms with Crippen LogP contribution in [0.25, 0.3) is 15.7 Å². The second-order valence-corrected chi connectivity index (χ2v) is 8.73. The molecule has 152 valence electrons. The Morgan fingerprint density at radius 2 is 1.87 bits per heavy atom. The predicted molar refractivity (Wildman–Crippen MR) is 118 cm³/mol. The van der Waals surface area contributed by atoms with E-state index in [9.17, 15) is 18.7 Å². The quantitative estimate of drug-likeness (QED) is 0.367. The Morgan fingerprint density at radius 3 is 2.53 bits per heavy atom. The molecule has 0 atom stereocenters. The zero-order valence-electron chi connectivity index (χ0n) is 15.9. The van der Waals surface area contributed by atoms with Crippen molar-refractivity contribution in [3.8, 4) is 5.06 Å². The van der Waals surface area contributed by atoms with Gasteiger partial charge in [0.25, 0.3) is 11.8 Å². The molecule has 0 saturated heterocycles. The first-order valence-corrected chi connectivity index (χ1v) is 10.8. The molecule has 0 bridgehead atoms. The minimum atomic E-state index is -3.04. The largest absolute Gasteiger partial charge is 0.499 e. The van der Waals surface area contributed by atoms with Gasteiger partial charge in [-0.05, 0) is 29.1 Å². The zero-order valence-corrected chi connectivity index (χ0v) is 17.5. The molecule has 4 aromatic rings. The van der Waals surface area contributed by atoms with Crippen molar-refractivity contribution >= 4 is 44.2 Å². The number of halogens is 2. The third-order valence-electron chi connectivity index (χ3n) is 4.62. The maximum absolute atomic E-state index is 13.8. The van der Waals surface area contributed by atoms with Crippen LogP contribution in [0.4, 0.5) is 8.78 Å². The van der Waals surface area contributed by atoms with Crippen LogP contribution in [0.3, 0.4) is 0 Å². The third kappa shape index (κ3) is 3.99. The van der Waals surface area contributed by atoms with Crippen LogP contribution in [-0.2, 0) is 5.92 Å². The van der Waals surface area contributed by atoms with E-state index in [1.165, 1.54) is 29.5 Å². The van der Waals surface area contributed by atoms with Gasteiger partial charge in [-0.3, -0.25) is 4.79 Å². The van der Waals surface area contributed by atoms with Crippen LogP contribution in [0.5, 0.6) is 5.06 Å². The fraction of sp³-hybridized carbons (Fsp3) is 0.0870. The van der Waals surface area contributed by atoms with Crippen molar-refractivity contribution in [1.82, 2.24) is 5.32 Å². The fourth-order valence-corrected chi connectivity index (χ4v) is 4.82. The fourth-order valence-electron chi connectivity index (χ4n) is 3.13. The lowest BCUT2D eigenvalue weighted by molar-refractivity contribution is 0.0176. The van der Waals surface area contributed by atoms with Crippen LogP contribution < -0.4 is 5.32 Å². The van der Waals surface area contributed by atoms with Gasteiger partial charge in [0.2, 0.25) is 0 Å². The molecular formula is C23H17F2NO2S2. The number of nitrogens with one attached hydrogen (secondary N) is 1. The smallest absolute Gasteiger partial charge is 0.270 e. The lowest BCUT2D eigenvalue weighted by Gasteiger charge is -2.11. The molecule has 2 heterocycles. The van der Waals surface area contributed by atoms with Crippen molar-refractivity contribution in [1.29, 1.82) is 0 Å². The van der Waals surface area contributed by atoms with Gasteiger partial charge in [0, 0.05) is 39.2 Å². The summed E-state index contributed by atoms with van der Waals surface area (Å²) in [5.41, 5.74) is 1.53. The number of carbonyl (C=O) groups excluding carboxylic acids is 1. The number of amides is 1. The molecule has 0 unspecified atom stereocenters. The summed E-state index contributed by atoms with van der Waals surface area (Å²) in [7, 11) is 0. The zero-order chi connectivity index (χ0) is 21.3. The van der Waals surface area contributed by atoms with Crippen molar-refractivity contribution < 1.29 is 18.7 Å². The van der Waals surface area contributed by atoms with Gasteiger partial charge in [0.05, 0.1) is 0 Å². The number of carbonyl (C=O) groups is 1. The summed E-state index contributed by atoms with van der Waals surface area (Å²) in [6, 6.07) is 17.5. The third-order valence-corrected chi connectivity index (χ3v) is 6.50. The molecule has 3 nitrogen and oxygen atoms in total. The monoisotopic (exact) mass is 441 g/mol. The molecule has 30 heavy (non-hydrogen) atoms. The van der Waals surface area contributed by atoms with E-state index in [0.717, 1.165) is 34.3 Å². The van der Waals surface area contributed by atoms with Gasteiger partial charge in [0.15, 0.2) is 5.06 Å². The van der Waals surface area contributed by atoms with Gasteiger partial charge in [0.1, 0.15) is 5.56 Å². The van der Waals surface area contributed by atoms with Crippen molar-refractivity contribution in [3.63, 3.8) is 0 Å². The molecular weight excluding hydrogens is 424 g/mol. The average Bonchev–Trinajstić information content (AvgIpc) is 3.35. The number of fused-ring (bicyclic) bond motifs is 1. The molecule has 0 saturated carbocycles. The normalized spacial score (nSPS) is 12.3. The van der Waals surface area contributed by atoms with Gasteiger partial charge >= 0.3 is 0 Å². The lowest BCUT2D eigenvalue weighted by atomic mass is 10.0. The first-order valence-electron chi connectivity index (χ1n) is 9.09. The van der Waals surface area contributed by atoms with Crippen LogP contribution >= 0.6 is 22.7 Å². The van der Waals surface area contributed by atoms with Gasteiger partial charge < -0.3 is 10.4 Å². The second-order valence-electron chi connectivity index (χ2n) is 6.76.